The highest BCUT2D eigenvalue weighted by atomic mass is 35.5. The van der Waals surface area contributed by atoms with Crippen LogP contribution in [-0.4, -0.2) is 15.5 Å². The average Bonchev–Trinajstić information content (AvgIpc) is 2.77. The molecule has 0 fully saturated rings. The van der Waals surface area contributed by atoms with Crippen LogP contribution in [0, 0.1) is 11.3 Å². The Morgan fingerprint density at radius 2 is 1.73 bits per heavy atom. The minimum Gasteiger partial charge on any atom is -0.493 e. The molecule has 0 bridgehead atoms. The highest BCUT2D eigenvalue weighted by molar-refractivity contribution is 7.95. The summed E-state index contributed by atoms with van der Waals surface area (Å²) in [6.45, 7) is 0.214. The third-order valence-electron chi connectivity index (χ3n) is 4.27. The number of ether oxygens (including phenoxy) is 2. The zero-order valence-electron chi connectivity index (χ0n) is 16.1. The summed E-state index contributed by atoms with van der Waals surface area (Å²) in [5.74, 6) is 0.762. The molecule has 0 heterocycles. The first-order valence-electron chi connectivity index (χ1n) is 8.92. The van der Waals surface area contributed by atoms with Crippen molar-refractivity contribution in [2.75, 3.05) is 7.11 Å². The number of hydrogen-bond donors (Lipinski definition) is 0. The lowest BCUT2D eigenvalue weighted by Gasteiger charge is -2.14. The van der Waals surface area contributed by atoms with Gasteiger partial charge in [-0.05, 0) is 42.0 Å². The van der Waals surface area contributed by atoms with Gasteiger partial charge in [-0.1, -0.05) is 54.1 Å². The van der Waals surface area contributed by atoms with E-state index in [-0.39, 0.29) is 11.5 Å². The monoisotopic (exact) mass is 439 g/mol. The second kappa shape index (κ2) is 9.49. The van der Waals surface area contributed by atoms with Crippen molar-refractivity contribution in [2.45, 2.75) is 11.5 Å². The molecular weight excluding hydrogens is 422 g/mol. The summed E-state index contributed by atoms with van der Waals surface area (Å²) in [6.07, 6.45) is 1.29. The Bertz CT molecular complexity index is 1200. The van der Waals surface area contributed by atoms with E-state index < -0.39 is 14.7 Å². The summed E-state index contributed by atoms with van der Waals surface area (Å²) in [6, 6.07) is 21.8. The van der Waals surface area contributed by atoms with Crippen molar-refractivity contribution in [3.05, 3.63) is 93.9 Å². The predicted octanol–water partition coefficient (Wildman–Crippen LogP) is 5.27. The molecule has 0 unspecified atom stereocenters. The Hall–Kier alpha value is -3.27. The van der Waals surface area contributed by atoms with Gasteiger partial charge in [0.2, 0.25) is 9.84 Å². The van der Waals surface area contributed by atoms with Crippen molar-refractivity contribution in [3.63, 3.8) is 0 Å². The number of methoxy groups -OCH3 is 1. The predicted molar refractivity (Wildman–Crippen MR) is 116 cm³/mol. The van der Waals surface area contributed by atoms with E-state index in [1.165, 1.54) is 25.3 Å². The second-order valence-electron chi connectivity index (χ2n) is 6.23. The minimum atomic E-state index is -3.97. The van der Waals surface area contributed by atoms with Gasteiger partial charge < -0.3 is 9.47 Å². The molecule has 0 aliphatic carbocycles. The molecule has 30 heavy (non-hydrogen) atoms. The van der Waals surface area contributed by atoms with Gasteiger partial charge in [0.1, 0.15) is 17.6 Å². The molecule has 0 saturated carbocycles. The third-order valence-corrected chi connectivity index (χ3v) is 6.20. The van der Waals surface area contributed by atoms with Gasteiger partial charge in [-0.3, -0.25) is 0 Å². The summed E-state index contributed by atoms with van der Waals surface area (Å²) in [5, 5.41) is 10.2. The third kappa shape index (κ3) is 4.82. The van der Waals surface area contributed by atoms with Gasteiger partial charge in [0, 0.05) is 10.6 Å². The summed E-state index contributed by atoms with van der Waals surface area (Å²) < 4.78 is 37.0. The van der Waals surface area contributed by atoms with Gasteiger partial charge >= 0.3 is 0 Å². The van der Waals surface area contributed by atoms with Crippen molar-refractivity contribution >= 4 is 27.5 Å². The van der Waals surface area contributed by atoms with Gasteiger partial charge in [-0.15, -0.1) is 0 Å². The summed E-state index contributed by atoms with van der Waals surface area (Å²) in [5.41, 5.74) is 1.29. The van der Waals surface area contributed by atoms with Crippen LogP contribution in [0.5, 0.6) is 11.5 Å². The van der Waals surface area contributed by atoms with Crippen molar-refractivity contribution in [3.8, 4) is 17.6 Å². The molecule has 0 aliphatic rings. The van der Waals surface area contributed by atoms with Crippen molar-refractivity contribution < 1.29 is 17.9 Å². The fraction of sp³-hybridized carbons (Fsp3) is 0.0870. The van der Waals surface area contributed by atoms with E-state index in [1.54, 1.807) is 54.6 Å². The van der Waals surface area contributed by atoms with E-state index in [2.05, 4.69) is 0 Å². The number of nitrogens with zero attached hydrogens (tertiary/aromatic N) is 1. The maximum atomic E-state index is 12.9. The van der Waals surface area contributed by atoms with Crippen LogP contribution in [0.3, 0.4) is 0 Å². The highest BCUT2D eigenvalue weighted by Crippen LogP contribution is 2.34. The molecule has 3 aromatic carbocycles. The molecule has 0 aromatic heterocycles. The summed E-state index contributed by atoms with van der Waals surface area (Å²) in [4.78, 5) is -0.345. The number of rotatable bonds is 7. The maximum absolute atomic E-state index is 12.9. The van der Waals surface area contributed by atoms with Crippen LogP contribution in [0.1, 0.15) is 11.1 Å². The van der Waals surface area contributed by atoms with E-state index in [1.807, 2.05) is 12.1 Å². The Morgan fingerprint density at radius 1 is 1.03 bits per heavy atom. The normalized spacial score (nSPS) is 11.6. The molecule has 7 heteroatoms. The van der Waals surface area contributed by atoms with Crippen LogP contribution >= 0.6 is 11.6 Å². The summed E-state index contributed by atoms with van der Waals surface area (Å²) in [7, 11) is -2.48. The number of allylic oxidation sites excluding steroid dienone is 1. The highest BCUT2D eigenvalue weighted by Gasteiger charge is 2.21. The van der Waals surface area contributed by atoms with Crippen LogP contribution in [0.25, 0.3) is 6.08 Å². The SMILES string of the molecule is COc1cccc(C=C(C#N)S(=O)(=O)c2ccccc2)c1OCc1ccc(Cl)cc1. The standard InChI is InChI=1S/C23H18ClNO4S/c1-28-22-9-5-6-18(23(22)29-16-17-10-12-19(24)13-11-17)14-21(15-25)30(26,27)20-7-3-2-4-8-20/h2-14H,16H2,1H3. The lowest BCUT2D eigenvalue weighted by atomic mass is 10.1. The molecule has 0 radical (unpaired) electrons. The van der Waals surface area contributed by atoms with Crippen molar-refractivity contribution in [2.24, 2.45) is 0 Å². The molecule has 5 nitrogen and oxygen atoms in total. The van der Waals surface area contributed by atoms with Crippen LogP contribution in [0.4, 0.5) is 0 Å². The first-order chi connectivity index (χ1) is 14.5. The Balaban J connectivity index is 2.00. The van der Waals surface area contributed by atoms with E-state index in [4.69, 9.17) is 21.1 Å². The van der Waals surface area contributed by atoms with Gasteiger partial charge in [0.25, 0.3) is 0 Å². The lowest BCUT2D eigenvalue weighted by molar-refractivity contribution is 0.284. The molecule has 0 amide bonds. The first kappa shape index (κ1) is 21.4. The van der Waals surface area contributed by atoms with Crippen LogP contribution in [0.2, 0.25) is 5.02 Å². The Labute approximate surface area is 180 Å². The second-order valence-corrected chi connectivity index (χ2v) is 8.59. The van der Waals surface area contributed by atoms with Gasteiger partial charge in [0.05, 0.1) is 12.0 Å². The largest absolute Gasteiger partial charge is 0.493 e. The zero-order chi connectivity index (χ0) is 21.6. The average molecular weight is 440 g/mol. The Kier molecular flexibility index (Phi) is 6.78. The minimum absolute atomic E-state index is 0.0457. The molecule has 152 valence electrons. The zero-order valence-corrected chi connectivity index (χ0v) is 17.7. The molecule has 0 N–H and O–H groups in total. The fourth-order valence-electron chi connectivity index (χ4n) is 2.74. The lowest BCUT2D eigenvalue weighted by Crippen LogP contribution is -2.04. The Morgan fingerprint density at radius 3 is 2.37 bits per heavy atom. The van der Waals surface area contributed by atoms with Crippen LogP contribution < -0.4 is 9.47 Å². The maximum Gasteiger partial charge on any atom is 0.216 e. The number of nitriles is 1. The van der Waals surface area contributed by atoms with E-state index >= 15 is 0 Å². The van der Waals surface area contributed by atoms with Gasteiger partial charge in [0.15, 0.2) is 11.5 Å². The molecule has 0 spiro atoms. The van der Waals surface area contributed by atoms with E-state index in [0.29, 0.717) is 22.1 Å². The molecular formula is C23H18ClNO4S. The molecule has 3 aromatic rings. The molecule has 0 atom stereocenters. The van der Waals surface area contributed by atoms with Gasteiger partial charge in [-0.2, -0.15) is 5.26 Å². The smallest absolute Gasteiger partial charge is 0.216 e. The molecule has 0 saturated heterocycles. The number of hydrogen-bond acceptors (Lipinski definition) is 5. The molecule has 3 rings (SSSR count). The number of sulfone groups is 1. The van der Waals surface area contributed by atoms with E-state index in [0.717, 1.165) is 5.56 Å². The number of benzene rings is 3. The molecule has 0 aliphatic heterocycles. The van der Waals surface area contributed by atoms with Crippen molar-refractivity contribution in [1.29, 1.82) is 5.26 Å². The van der Waals surface area contributed by atoms with Crippen molar-refractivity contribution in [1.82, 2.24) is 0 Å². The first-order valence-corrected chi connectivity index (χ1v) is 10.8. The number of para-hydroxylation sites is 1. The fourth-order valence-corrected chi connectivity index (χ4v) is 4.03. The van der Waals surface area contributed by atoms with Crippen LogP contribution in [0.15, 0.2) is 82.6 Å². The number of halogens is 1. The van der Waals surface area contributed by atoms with E-state index in [9.17, 15) is 13.7 Å². The summed E-state index contributed by atoms with van der Waals surface area (Å²) >= 11 is 5.91. The van der Waals surface area contributed by atoms with Gasteiger partial charge in [-0.25, -0.2) is 8.42 Å². The topological polar surface area (TPSA) is 76.4 Å². The van der Waals surface area contributed by atoms with Crippen LogP contribution in [-0.2, 0) is 16.4 Å². The quantitative estimate of drug-likeness (QED) is 0.469.